The maximum Gasteiger partial charge on any atom is 0.271 e. The van der Waals surface area contributed by atoms with Crippen molar-refractivity contribution < 1.29 is 4.79 Å². The number of carbonyl (C=O) groups is 1. The molecule has 0 aliphatic heterocycles. The zero-order valence-corrected chi connectivity index (χ0v) is 14.6. The second kappa shape index (κ2) is 7.02. The first-order valence-electron chi connectivity index (χ1n) is 7.37. The number of thiazole rings is 2. The summed E-state index contributed by atoms with van der Waals surface area (Å²) in [6.45, 7) is 4.66. The van der Waals surface area contributed by atoms with Gasteiger partial charge < -0.3 is 5.32 Å². The third kappa shape index (κ3) is 3.83. The van der Waals surface area contributed by atoms with E-state index in [9.17, 15) is 4.79 Å². The molecule has 118 valence electrons. The predicted octanol–water partition coefficient (Wildman–Crippen LogP) is 4.32. The lowest BCUT2D eigenvalue weighted by molar-refractivity contribution is 0.0946. The number of hydrogen-bond donors (Lipinski definition) is 1. The van der Waals surface area contributed by atoms with Crippen LogP contribution in [0.5, 0.6) is 0 Å². The van der Waals surface area contributed by atoms with Gasteiger partial charge in [0.05, 0.1) is 17.2 Å². The van der Waals surface area contributed by atoms with Gasteiger partial charge in [-0.25, -0.2) is 9.97 Å². The van der Waals surface area contributed by atoms with E-state index in [4.69, 9.17) is 0 Å². The lowest BCUT2D eigenvalue weighted by Gasteiger charge is -2.01. The Bertz CT molecular complexity index is 793. The summed E-state index contributed by atoms with van der Waals surface area (Å²) in [6.07, 6.45) is 0. The fourth-order valence-corrected chi connectivity index (χ4v) is 3.66. The Kier molecular flexibility index (Phi) is 4.83. The van der Waals surface area contributed by atoms with Crippen LogP contribution in [0.25, 0.3) is 10.6 Å². The van der Waals surface area contributed by atoms with Crippen LogP contribution < -0.4 is 5.32 Å². The van der Waals surface area contributed by atoms with Gasteiger partial charge in [-0.2, -0.15) is 0 Å². The highest BCUT2D eigenvalue weighted by Crippen LogP contribution is 2.23. The minimum Gasteiger partial charge on any atom is -0.345 e. The van der Waals surface area contributed by atoms with E-state index in [1.807, 2.05) is 35.7 Å². The van der Waals surface area contributed by atoms with Gasteiger partial charge in [0.25, 0.3) is 5.91 Å². The molecule has 3 aromatic rings. The molecular formula is C17H17N3OS2. The van der Waals surface area contributed by atoms with Gasteiger partial charge in [-0.05, 0) is 0 Å². The minimum absolute atomic E-state index is 0.164. The van der Waals surface area contributed by atoms with E-state index < -0.39 is 0 Å². The molecule has 1 aromatic carbocycles. The zero-order chi connectivity index (χ0) is 16.2. The Morgan fingerprint density at radius 2 is 1.91 bits per heavy atom. The second-order valence-electron chi connectivity index (χ2n) is 5.42. The fraction of sp³-hybridized carbons (Fsp3) is 0.235. The molecule has 0 radical (unpaired) electrons. The van der Waals surface area contributed by atoms with Crippen LogP contribution >= 0.6 is 22.7 Å². The van der Waals surface area contributed by atoms with E-state index in [0.717, 1.165) is 21.3 Å². The summed E-state index contributed by atoms with van der Waals surface area (Å²) in [4.78, 5) is 21.1. The molecule has 0 unspecified atom stereocenters. The molecule has 2 aromatic heterocycles. The van der Waals surface area contributed by atoms with Crippen molar-refractivity contribution in [2.24, 2.45) is 0 Å². The number of nitrogens with zero attached hydrogens (tertiary/aromatic N) is 2. The molecule has 0 atom stereocenters. The first-order chi connectivity index (χ1) is 11.1. The van der Waals surface area contributed by atoms with E-state index in [0.29, 0.717) is 18.2 Å². The molecule has 1 amide bonds. The van der Waals surface area contributed by atoms with Crippen molar-refractivity contribution in [3.05, 3.63) is 57.5 Å². The maximum atomic E-state index is 12.2. The summed E-state index contributed by atoms with van der Waals surface area (Å²) in [5.74, 6) is 0.249. The molecule has 4 nitrogen and oxygen atoms in total. The molecule has 0 spiro atoms. The molecule has 0 bridgehead atoms. The molecule has 6 heteroatoms. The summed E-state index contributed by atoms with van der Waals surface area (Å²) in [7, 11) is 0. The summed E-state index contributed by atoms with van der Waals surface area (Å²) < 4.78 is 0. The molecular weight excluding hydrogens is 326 g/mol. The number of carbonyl (C=O) groups excluding carboxylic acids is 1. The molecule has 0 fully saturated rings. The number of nitrogens with one attached hydrogen (secondary N) is 1. The second-order valence-corrected chi connectivity index (χ2v) is 7.17. The Balaban J connectivity index is 1.63. The van der Waals surface area contributed by atoms with Crippen LogP contribution in [0.1, 0.15) is 41.0 Å². The predicted molar refractivity (Wildman–Crippen MR) is 94.9 cm³/mol. The standard InChI is InChI=1S/C17H17N3OS2/c1-11(2)16-19-13(9-22-16)8-18-15(21)14-10-23-17(20-14)12-6-4-3-5-7-12/h3-7,9-11H,8H2,1-2H3,(H,18,21). The van der Waals surface area contributed by atoms with E-state index in [1.165, 1.54) is 11.3 Å². The first kappa shape index (κ1) is 15.8. The SMILES string of the molecule is CC(C)c1nc(CNC(=O)c2csc(-c3ccccc3)n2)cs1. The van der Waals surface area contributed by atoms with Gasteiger partial charge in [-0.1, -0.05) is 44.2 Å². The summed E-state index contributed by atoms with van der Waals surface area (Å²) in [6, 6.07) is 9.87. The third-order valence-corrected chi connectivity index (χ3v) is 5.34. The average molecular weight is 343 g/mol. The molecule has 0 aliphatic rings. The maximum absolute atomic E-state index is 12.2. The highest BCUT2D eigenvalue weighted by molar-refractivity contribution is 7.13. The van der Waals surface area contributed by atoms with Crippen molar-refractivity contribution in [3.8, 4) is 10.6 Å². The van der Waals surface area contributed by atoms with Gasteiger partial charge in [-0.15, -0.1) is 22.7 Å². The fourth-order valence-electron chi connectivity index (χ4n) is 2.02. The Morgan fingerprint density at radius 3 is 2.61 bits per heavy atom. The van der Waals surface area contributed by atoms with Crippen LogP contribution in [-0.4, -0.2) is 15.9 Å². The molecule has 1 N–H and O–H groups in total. The summed E-state index contributed by atoms with van der Waals surface area (Å²) >= 11 is 3.11. The van der Waals surface area contributed by atoms with Crippen molar-refractivity contribution in [3.63, 3.8) is 0 Å². The monoisotopic (exact) mass is 343 g/mol. The Labute approximate surface area is 143 Å². The third-order valence-electron chi connectivity index (χ3n) is 3.25. The summed E-state index contributed by atoms with van der Waals surface area (Å²) in [5, 5.41) is 8.61. The Morgan fingerprint density at radius 1 is 1.13 bits per heavy atom. The first-order valence-corrected chi connectivity index (χ1v) is 9.13. The van der Waals surface area contributed by atoms with E-state index in [2.05, 4.69) is 29.1 Å². The molecule has 2 heterocycles. The lowest BCUT2D eigenvalue weighted by Crippen LogP contribution is -2.23. The molecule has 3 rings (SSSR count). The number of aromatic nitrogens is 2. The van der Waals surface area contributed by atoms with Crippen LogP contribution in [0, 0.1) is 0 Å². The van der Waals surface area contributed by atoms with Crippen LogP contribution in [0.2, 0.25) is 0 Å². The van der Waals surface area contributed by atoms with Crippen molar-refractivity contribution >= 4 is 28.6 Å². The van der Waals surface area contributed by atoms with E-state index >= 15 is 0 Å². The topological polar surface area (TPSA) is 54.9 Å². The van der Waals surface area contributed by atoms with Crippen LogP contribution in [0.15, 0.2) is 41.1 Å². The van der Waals surface area contributed by atoms with Crippen LogP contribution in [0.4, 0.5) is 0 Å². The van der Waals surface area contributed by atoms with Crippen molar-refractivity contribution in [1.29, 1.82) is 0 Å². The van der Waals surface area contributed by atoms with Gasteiger partial charge in [-0.3, -0.25) is 4.79 Å². The van der Waals surface area contributed by atoms with Crippen LogP contribution in [-0.2, 0) is 6.54 Å². The van der Waals surface area contributed by atoms with E-state index in [1.54, 1.807) is 16.7 Å². The number of rotatable bonds is 5. The summed E-state index contributed by atoms with van der Waals surface area (Å²) in [5.41, 5.74) is 2.37. The molecule has 23 heavy (non-hydrogen) atoms. The van der Waals surface area contributed by atoms with Crippen molar-refractivity contribution in [1.82, 2.24) is 15.3 Å². The van der Waals surface area contributed by atoms with Crippen molar-refractivity contribution in [2.75, 3.05) is 0 Å². The van der Waals surface area contributed by atoms with Gasteiger partial charge in [0, 0.05) is 22.2 Å². The normalized spacial score (nSPS) is 10.9. The quantitative estimate of drug-likeness (QED) is 0.750. The largest absolute Gasteiger partial charge is 0.345 e. The van der Waals surface area contributed by atoms with Crippen molar-refractivity contribution in [2.45, 2.75) is 26.3 Å². The van der Waals surface area contributed by atoms with Gasteiger partial charge in [0.2, 0.25) is 0 Å². The minimum atomic E-state index is -0.164. The highest BCUT2D eigenvalue weighted by atomic mass is 32.1. The van der Waals surface area contributed by atoms with Gasteiger partial charge in [0.15, 0.2) is 0 Å². The number of amides is 1. The Hall–Kier alpha value is -2.05. The smallest absolute Gasteiger partial charge is 0.271 e. The van der Waals surface area contributed by atoms with E-state index in [-0.39, 0.29) is 5.91 Å². The van der Waals surface area contributed by atoms with Crippen LogP contribution in [0.3, 0.4) is 0 Å². The van der Waals surface area contributed by atoms with Gasteiger partial charge in [0.1, 0.15) is 10.7 Å². The highest BCUT2D eigenvalue weighted by Gasteiger charge is 2.12. The zero-order valence-electron chi connectivity index (χ0n) is 12.9. The number of benzene rings is 1. The number of hydrogen-bond acceptors (Lipinski definition) is 5. The lowest BCUT2D eigenvalue weighted by atomic mass is 10.2. The molecule has 0 saturated carbocycles. The molecule has 0 aliphatic carbocycles. The van der Waals surface area contributed by atoms with Gasteiger partial charge >= 0.3 is 0 Å². The average Bonchev–Trinajstić information content (AvgIpc) is 3.23. The molecule has 0 saturated heterocycles.